The van der Waals surface area contributed by atoms with Crippen LogP contribution in [0.25, 0.3) is 21.8 Å². The normalized spacial score (nSPS) is 11.5. The van der Waals surface area contributed by atoms with Crippen molar-refractivity contribution in [1.82, 2.24) is 19.1 Å². The molecule has 3 N–H and O–H groups in total. The van der Waals surface area contributed by atoms with E-state index in [0.29, 0.717) is 22.2 Å². The Morgan fingerprint density at radius 2 is 1.22 bits per heavy atom. The molecular formula is C26H33ClI2N6O2. The second-order valence-corrected chi connectivity index (χ2v) is 13.2. The summed E-state index contributed by atoms with van der Waals surface area (Å²) in [6.45, 7) is 12.0. The summed E-state index contributed by atoms with van der Waals surface area (Å²) in [5, 5.41) is 4.73. The van der Waals surface area contributed by atoms with E-state index in [1.54, 1.807) is 24.7 Å². The standard InChI is InChI=1S/C13H16IN3O.C9H6ClIN2O.C4H11N/c1-13(2,3)16-12-15-10-8(11(18)17(12)4)6-5-7-9(10)14;1-13-8(14)5-3-2-4-6(11)7(5)12-9(13)10;1-4(2,3)5/h5-7H,1-4H3,(H,15,16);2-4H,1H3;5H2,1-3H3. The number of hydrogen-bond donors (Lipinski definition) is 2. The van der Waals surface area contributed by atoms with Crippen molar-refractivity contribution in [2.24, 2.45) is 19.8 Å². The van der Waals surface area contributed by atoms with Crippen LogP contribution in [0.15, 0.2) is 46.0 Å². The fourth-order valence-corrected chi connectivity index (χ4v) is 4.34. The molecule has 2 heterocycles. The van der Waals surface area contributed by atoms with Crippen LogP contribution in [0.3, 0.4) is 0 Å². The number of anilines is 1. The van der Waals surface area contributed by atoms with Crippen LogP contribution in [-0.2, 0) is 14.1 Å². The minimum absolute atomic E-state index is 0. The van der Waals surface area contributed by atoms with Gasteiger partial charge in [0.15, 0.2) is 0 Å². The Bertz CT molecular complexity index is 1530. The fraction of sp³-hybridized carbons (Fsp3) is 0.385. The molecule has 0 unspecified atom stereocenters. The predicted molar refractivity (Wildman–Crippen MR) is 172 cm³/mol. The van der Waals surface area contributed by atoms with Crippen LogP contribution in [0.2, 0.25) is 5.28 Å². The quantitative estimate of drug-likeness (QED) is 0.192. The molecule has 8 nitrogen and oxygen atoms in total. The van der Waals surface area contributed by atoms with Gasteiger partial charge in [-0.3, -0.25) is 18.7 Å². The van der Waals surface area contributed by atoms with Crippen LogP contribution >= 0.6 is 56.8 Å². The Kier molecular flexibility index (Phi) is 10.5. The first-order valence-electron chi connectivity index (χ1n) is 11.4. The smallest absolute Gasteiger partial charge is 0.262 e. The lowest BCUT2D eigenvalue weighted by Gasteiger charge is -2.23. The maximum Gasteiger partial charge on any atom is 0.262 e. The molecule has 0 bridgehead atoms. The zero-order chi connectivity index (χ0) is 28.3. The molecule has 200 valence electrons. The summed E-state index contributed by atoms with van der Waals surface area (Å²) in [5.41, 5.74) is 6.51. The van der Waals surface area contributed by atoms with Crippen LogP contribution in [0.4, 0.5) is 5.95 Å². The summed E-state index contributed by atoms with van der Waals surface area (Å²) in [4.78, 5) is 32.7. The van der Waals surface area contributed by atoms with Crippen molar-refractivity contribution in [2.75, 3.05) is 5.32 Å². The Hall–Kier alpha value is -1.77. The third-order valence-corrected chi connectivity index (χ3v) is 6.63. The number of nitrogens with one attached hydrogen (secondary N) is 1. The van der Waals surface area contributed by atoms with Crippen LogP contribution in [0.5, 0.6) is 0 Å². The summed E-state index contributed by atoms with van der Waals surface area (Å²) in [5.74, 6) is 0.601. The maximum absolute atomic E-state index is 12.3. The van der Waals surface area contributed by atoms with E-state index in [1.165, 1.54) is 4.57 Å². The second kappa shape index (κ2) is 12.4. The van der Waals surface area contributed by atoms with Gasteiger partial charge in [-0.1, -0.05) is 12.1 Å². The highest BCUT2D eigenvalue weighted by atomic mass is 127. The molecule has 0 spiro atoms. The first kappa shape index (κ1) is 31.4. The van der Waals surface area contributed by atoms with E-state index in [0.717, 1.165) is 12.7 Å². The van der Waals surface area contributed by atoms with Gasteiger partial charge in [0.05, 0.1) is 21.8 Å². The van der Waals surface area contributed by atoms with E-state index in [1.807, 2.05) is 71.9 Å². The molecule has 0 aliphatic rings. The van der Waals surface area contributed by atoms with Gasteiger partial charge in [-0.2, -0.15) is 0 Å². The molecule has 4 aromatic rings. The largest absolute Gasteiger partial charge is 0.351 e. The monoisotopic (exact) mass is 750 g/mol. The van der Waals surface area contributed by atoms with Crippen molar-refractivity contribution in [1.29, 1.82) is 0 Å². The van der Waals surface area contributed by atoms with E-state index >= 15 is 0 Å². The number of aromatic nitrogens is 4. The summed E-state index contributed by atoms with van der Waals surface area (Å²) in [7, 11) is 3.35. The zero-order valence-electron chi connectivity index (χ0n) is 22.3. The number of rotatable bonds is 1. The van der Waals surface area contributed by atoms with E-state index in [4.69, 9.17) is 17.3 Å². The number of nitrogens with zero attached hydrogens (tertiary/aromatic N) is 4. The number of nitrogens with two attached hydrogens (primary N) is 1. The second-order valence-electron chi connectivity index (χ2n) is 10.6. The molecule has 0 atom stereocenters. The Morgan fingerprint density at radius 1 is 0.811 bits per heavy atom. The SMILES string of the molecule is CC(C)(C)N.Cn1c(Cl)nc2c(I)cccc2c1=O.Cn1c(NC(C)(C)C)nc2c(I)cccc2c1=O. The van der Waals surface area contributed by atoms with Gasteiger partial charge in [0.25, 0.3) is 11.1 Å². The van der Waals surface area contributed by atoms with Crippen molar-refractivity contribution in [3.05, 3.63) is 69.5 Å². The van der Waals surface area contributed by atoms with Crippen molar-refractivity contribution < 1.29 is 0 Å². The van der Waals surface area contributed by atoms with E-state index in [9.17, 15) is 9.59 Å². The Balaban J connectivity index is 0.000000225. The number of para-hydroxylation sites is 2. The highest BCUT2D eigenvalue weighted by Crippen LogP contribution is 2.19. The average Bonchev–Trinajstić information content (AvgIpc) is 2.76. The van der Waals surface area contributed by atoms with Crippen LogP contribution < -0.4 is 22.2 Å². The Labute approximate surface area is 249 Å². The van der Waals surface area contributed by atoms with Crippen molar-refractivity contribution in [3.8, 4) is 0 Å². The molecule has 0 aliphatic heterocycles. The summed E-state index contributed by atoms with van der Waals surface area (Å²) >= 11 is 10.1. The number of benzene rings is 2. The molecule has 0 aliphatic carbocycles. The third-order valence-electron chi connectivity index (χ3n) is 4.55. The Morgan fingerprint density at radius 3 is 1.65 bits per heavy atom. The molecule has 2 aromatic heterocycles. The van der Waals surface area contributed by atoms with Crippen LogP contribution in [-0.4, -0.2) is 30.2 Å². The molecule has 0 radical (unpaired) electrons. The first-order valence-corrected chi connectivity index (χ1v) is 14.0. The van der Waals surface area contributed by atoms with Crippen LogP contribution in [0, 0.1) is 7.14 Å². The van der Waals surface area contributed by atoms with E-state index < -0.39 is 0 Å². The van der Waals surface area contributed by atoms with Crippen molar-refractivity contribution in [3.63, 3.8) is 0 Å². The highest BCUT2D eigenvalue weighted by molar-refractivity contribution is 14.1. The van der Waals surface area contributed by atoms with Gasteiger partial charge in [0.2, 0.25) is 11.2 Å². The van der Waals surface area contributed by atoms with E-state index in [2.05, 4.69) is 60.5 Å². The number of halogens is 3. The molecule has 2 aromatic carbocycles. The van der Waals surface area contributed by atoms with Crippen LogP contribution in [0.1, 0.15) is 41.5 Å². The molecule has 37 heavy (non-hydrogen) atoms. The number of hydrogen-bond acceptors (Lipinski definition) is 6. The zero-order valence-corrected chi connectivity index (χ0v) is 27.4. The van der Waals surface area contributed by atoms with E-state index in [-0.39, 0.29) is 27.5 Å². The molecule has 0 saturated heterocycles. The molecule has 4 rings (SSSR count). The van der Waals surface area contributed by atoms with Gasteiger partial charge in [-0.05, 0) is 123 Å². The first-order chi connectivity index (χ1) is 16.9. The molecule has 0 fully saturated rings. The maximum atomic E-state index is 12.3. The van der Waals surface area contributed by atoms with Gasteiger partial charge in [0, 0.05) is 32.3 Å². The molecule has 0 amide bonds. The number of fused-ring (bicyclic) bond motifs is 2. The molecule has 0 saturated carbocycles. The summed E-state index contributed by atoms with van der Waals surface area (Å²) in [6.07, 6.45) is 0. The lowest BCUT2D eigenvalue weighted by Crippen LogP contribution is -2.32. The average molecular weight is 751 g/mol. The molecular weight excluding hydrogens is 718 g/mol. The van der Waals surface area contributed by atoms with Gasteiger partial charge in [-0.25, -0.2) is 9.97 Å². The van der Waals surface area contributed by atoms with Gasteiger partial charge < -0.3 is 11.1 Å². The van der Waals surface area contributed by atoms with Gasteiger partial charge >= 0.3 is 0 Å². The summed E-state index contributed by atoms with van der Waals surface area (Å²) < 4.78 is 4.81. The lowest BCUT2D eigenvalue weighted by atomic mass is 10.1. The summed E-state index contributed by atoms with van der Waals surface area (Å²) in [6, 6.07) is 11.1. The third kappa shape index (κ3) is 8.89. The predicted octanol–water partition coefficient (Wildman–Crippen LogP) is 5.68. The van der Waals surface area contributed by atoms with Gasteiger partial charge in [0.1, 0.15) is 0 Å². The highest BCUT2D eigenvalue weighted by Gasteiger charge is 2.15. The van der Waals surface area contributed by atoms with Gasteiger partial charge in [-0.15, -0.1) is 0 Å². The molecule has 11 heteroatoms. The minimum atomic E-state index is -0.134. The minimum Gasteiger partial charge on any atom is -0.351 e. The van der Waals surface area contributed by atoms with Crippen molar-refractivity contribution in [2.45, 2.75) is 52.6 Å². The fourth-order valence-electron chi connectivity index (χ4n) is 2.94. The lowest BCUT2D eigenvalue weighted by molar-refractivity contribution is 0.580. The topological polar surface area (TPSA) is 108 Å². The van der Waals surface area contributed by atoms with Crippen molar-refractivity contribution >= 4 is 84.5 Å².